The number of nitrogens with zero attached hydrogens (tertiary/aromatic N) is 1. The fourth-order valence-corrected chi connectivity index (χ4v) is 11.7. The monoisotopic (exact) mass is 765 g/mol. The summed E-state index contributed by atoms with van der Waals surface area (Å²) >= 11 is 0. The van der Waals surface area contributed by atoms with Crippen molar-refractivity contribution in [3.8, 4) is 44.5 Å². The van der Waals surface area contributed by atoms with Crippen LogP contribution < -0.4 is 4.90 Å². The van der Waals surface area contributed by atoms with Gasteiger partial charge in [0.25, 0.3) is 0 Å². The van der Waals surface area contributed by atoms with E-state index in [0.717, 1.165) is 25.7 Å². The second-order valence-electron chi connectivity index (χ2n) is 17.7. The highest BCUT2D eigenvalue weighted by atomic mass is 15.1. The van der Waals surface area contributed by atoms with Gasteiger partial charge in [0, 0.05) is 11.4 Å². The van der Waals surface area contributed by atoms with E-state index in [2.05, 4.69) is 144 Å². The molecule has 1 nitrogen and oxygen atoms in total. The molecule has 0 spiro atoms. The minimum Gasteiger partial charge on any atom is -0.310 e. The molecular formula is C58H55N. The fraction of sp³-hybridized carbons (Fsp3) is 0.276. The minimum atomic E-state index is 1.14. The lowest BCUT2D eigenvalue weighted by Gasteiger charge is -2.37. The van der Waals surface area contributed by atoms with Gasteiger partial charge in [0.15, 0.2) is 0 Å². The van der Waals surface area contributed by atoms with E-state index in [9.17, 15) is 0 Å². The van der Waals surface area contributed by atoms with Crippen LogP contribution in [0, 0.1) is 0 Å². The Balaban J connectivity index is 1.10. The predicted octanol–water partition coefficient (Wildman–Crippen LogP) is 15.3. The number of fused-ring (bicyclic) bond motifs is 4. The van der Waals surface area contributed by atoms with E-state index in [0.29, 0.717) is 0 Å². The van der Waals surface area contributed by atoms with Crippen LogP contribution in [0.25, 0.3) is 44.5 Å². The summed E-state index contributed by atoms with van der Waals surface area (Å²) in [7, 11) is 0. The third-order valence-corrected chi connectivity index (χ3v) is 14.2. The molecule has 0 aliphatic heterocycles. The van der Waals surface area contributed by atoms with Gasteiger partial charge in [-0.25, -0.2) is 0 Å². The van der Waals surface area contributed by atoms with E-state index in [1.807, 2.05) is 0 Å². The van der Waals surface area contributed by atoms with Crippen molar-refractivity contribution >= 4 is 17.1 Å². The van der Waals surface area contributed by atoms with Gasteiger partial charge in [0.2, 0.25) is 0 Å². The van der Waals surface area contributed by atoms with Crippen molar-refractivity contribution in [1.29, 1.82) is 0 Å². The number of rotatable bonds is 7. The van der Waals surface area contributed by atoms with Crippen LogP contribution in [0.4, 0.5) is 17.1 Å². The first kappa shape index (κ1) is 36.4. The van der Waals surface area contributed by atoms with Crippen molar-refractivity contribution in [2.75, 3.05) is 4.90 Å². The van der Waals surface area contributed by atoms with Crippen molar-refractivity contribution in [3.63, 3.8) is 0 Å². The minimum absolute atomic E-state index is 1.14. The Morgan fingerprint density at radius 2 is 0.492 bits per heavy atom. The second kappa shape index (κ2) is 15.8. The van der Waals surface area contributed by atoms with Gasteiger partial charge in [-0.2, -0.15) is 0 Å². The molecule has 4 aliphatic rings. The molecule has 292 valence electrons. The zero-order valence-corrected chi connectivity index (χ0v) is 34.5. The standard InChI is InChI=1S/C58H55N/c1-4-18-40(19-5-1)41-32-36-45(37-33-41)59(58-53-30-16-14-28-51(53)56(43-22-8-3-9-23-43)52-29-15-17-31-54(52)58)46-38-34-44(35-39-46)57-49-26-12-10-24-47(49)55(42-20-6-2-7-21-42)48-25-11-13-27-50(48)57/h1-9,18-23,32-39H,10-17,24-31H2. The van der Waals surface area contributed by atoms with Crippen LogP contribution in [0.2, 0.25) is 0 Å². The lowest BCUT2D eigenvalue weighted by molar-refractivity contribution is 0.661. The van der Waals surface area contributed by atoms with Gasteiger partial charge in [-0.1, -0.05) is 115 Å². The molecule has 59 heavy (non-hydrogen) atoms. The van der Waals surface area contributed by atoms with Crippen molar-refractivity contribution in [3.05, 3.63) is 184 Å². The van der Waals surface area contributed by atoms with E-state index < -0.39 is 0 Å². The quantitative estimate of drug-likeness (QED) is 0.156. The highest BCUT2D eigenvalue weighted by molar-refractivity contribution is 5.90. The van der Waals surface area contributed by atoms with Crippen molar-refractivity contribution in [1.82, 2.24) is 0 Å². The molecule has 11 rings (SSSR count). The van der Waals surface area contributed by atoms with Crippen molar-refractivity contribution < 1.29 is 0 Å². The Kier molecular flexibility index (Phi) is 9.78. The Labute approximate surface area is 351 Å². The molecule has 7 aromatic carbocycles. The maximum absolute atomic E-state index is 2.69. The average molecular weight is 766 g/mol. The van der Waals surface area contributed by atoms with Gasteiger partial charge in [0.05, 0.1) is 5.69 Å². The molecule has 0 fully saturated rings. The Bertz CT molecular complexity index is 2540. The van der Waals surface area contributed by atoms with Crippen LogP contribution in [0.1, 0.15) is 95.9 Å². The molecule has 0 N–H and O–H groups in total. The summed E-state index contributed by atoms with van der Waals surface area (Å²) in [6.45, 7) is 0. The van der Waals surface area contributed by atoms with E-state index in [4.69, 9.17) is 0 Å². The van der Waals surface area contributed by atoms with Crippen LogP contribution in [0.15, 0.2) is 140 Å². The van der Waals surface area contributed by atoms with Gasteiger partial charge >= 0.3 is 0 Å². The van der Waals surface area contributed by atoms with Crippen LogP contribution in [0.3, 0.4) is 0 Å². The van der Waals surface area contributed by atoms with Gasteiger partial charge in [-0.15, -0.1) is 0 Å². The number of hydrogen-bond acceptors (Lipinski definition) is 1. The molecule has 0 saturated heterocycles. The maximum Gasteiger partial charge on any atom is 0.0531 e. The lowest BCUT2D eigenvalue weighted by atomic mass is 9.73. The summed E-state index contributed by atoms with van der Waals surface area (Å²) in [5, 5.41) is 0. The molecule has 0 heterocycles. The summed E-state index contributed by atoms with van der Waals surface area (Å²) in [4.78, 5) is 2.69. The summed E-state index contributed by atoms with van der Waals surface area (Å²) in [5.74, 6) is 0. The van der Waals surface area contributed by atoms with Gasteiger partial charge in [-0.05, 0) is 216 Å². The molecule has 0 aromatic heterocycles. The fourth-order valence-electron chi connectivity index (χ4n) is 11.7. The SMILES string of the molecule is c1ccc(-c2ccc(N(c3ccc(-c4c5c(c(-c6ccccc6)c6c4CCCC6)CCCC5)cc3)c3c4c(c(-c5ccccc5)c5c3CCCC5)CCCC4)cc2)cc1. The topological polar surface area (TPSA) is 3.24 Å². The molecule has 4 aliphatic carbocycles. The molecule has 0 saturated carbocycles. The summed E-state index contributed by atoms with van der Waals surface area (Å²) in [6.07, 6.45) is 19.6. The maximum atomic E-state index is 2.69. The highest BCUT2D eigenvalue weighted by Gasteiger charge is 2.32. The first-order chi connectivity index (χ1) is 29.3. The lowest BCUT2D eigenvalue weighted by Crippen LogP contribution is -2.22. The normalized spacial score (nSPS) is 15.7. The second-order valence-corrected chi connectivity index (χ2v) is 17.7. The molecule has 0 unspecified atom stereocenters. The predicted molar refractivity (Wildman–Crippen MR) is 249 cm³/mol. The Morgan fingerprint density at radius 3 is 0.847 bits per heavy atom. The zero-order chi connectivity index (χ0) is 39.1. The molecule has 0 bridgehead atoms. The van der Waals surface area contributed by atoms with E-state index >= 15 is 0 Å². The van der Waals surface area contributed by atoms with Gasteiger partial charge < -0.3 is 4.90 Å². The summed E-state index contributed by atoms with van der Waals surface area (Å²) in [6, 6.07) is 53.0. The smallest absolute Gasteiger partial charge is 0.0531 e. The first-order valence-corrected chi connectivity index (χ1v) is 22.9. The number of anilines is 3. The zero-order valence-electron chi connectivity index (χ0n) is 34.5. The molecule has 0 atom stereocenters. The van der Waals surface area contributed by atoms with E-state index in [1.165, 1.54) is 122 Å². The first-order valence-electron chi connectivity index (χ1n) is 22.9. The number of hydrogen-bond donors (Lipinski definition) is 0. The van der Waals surface area contributed by atoms with E-state index in [-0.39, 0.29) is 0 Å². The van der Waals surface area contributed by atoms with Crippen LogP contribution in [-0.2, 0) is 51.4 Å². The molecule has 0 amide bonds. The Hall–Kier alpha value is -5.66. The van der Waals surface area contributed by atoms with Crippen molar-refractivity contribution in [2.45, 2.75) is 103 Å². The summed E-state index contributed by atoms with van der Waals surface area (Å²) < 4.78 is 0. The summed E-state index contributed by atoms with van der Waals surface area (Å²) in [5.41, 5.74) is 28.4. The largest absolute Gasteiger partial charge is 0.310 e. The van der Waals surface area contributed by atoms with Crippen LogP contribution in [-0.4, -0.2) is 0 Å². The Morgan fingerprint density at radius 1 is 0.237 bits per heavy atom. The van der Waals surface area contributed by atoms with Gasteiger partial charge in [0.1, 0.15) is 0 Å². The van der Waals surface area contributed by atoms with Crippen LogP contribution >= 0.6 is 0 Å². The van der Waals surface area contributed by atoms with Crippen molar-refractivity contribution in [2.24, 2.45) is 0 Å². The third kappa shape index (κ3) is 6.55. The highest BCUT2D eigenvalue weighted by Crippen LogP contribution is 2.51. The molecule has 7 aromatic rings. The average Bonchev–Trinajstić information content (AvgIpc) is 3.32. The molecular weight excluding hydrogens is 711 g/mol. The number of benzene rings is 7. The molecule has 1 heteroatoms. The third-order valence-electron chi connectivity index (χ3n) is 14.2. The molecule has 0 radical (unpaired) electrons. The van der Waals surface area contributed by atoms with Gasteiger partial charge in [-0.3, -0.25) is 0 Å². The van der Waals surface area contributed by atoms with Crippen LogP contribution in [0.5, 0.6) is 0 Å². The van der Waals surface area contributed by atoms with E-state index in [1.54, 1.807) is 61.2 Å².